The molecule has 3 rings (SSSR count). The molecular formula is C20H18Cl2F3N3. The van der Waals surface area contributed by atoms with E-state index >= 15 is 0 Å². The summed E-state index contributed by atoms with van der Waals surface area (Å²) in [4.78, 5) is 1.92. The second-order valence-electron chi connectivity index (χ2n) is 6.65. The zero-order valence-corrected chi connectivity index (χ0v) is 16.7. The predicted octanol–water partition coefficient (Wildman–Crippen LogP) is 6.40. The first-order chi connectivity index (χ1) is 13.1. The molecule has 1 heterocycles. The molecule has 1 atom stereocenters. The smallest absolute Gasteiger partial charge is 0.345 e. The minimum atomic E-state index is -4.47. The Balaban J connectivity index is 1.89. The zero-order valence-electron chi connectivity index (χ0n) is 15.2. The summed E-state index contributed by atoms with van der Waals surface area (Å²) in [5, 5.41) is 6.38. The standard InChI is InChI=1S/C20H18Cl2F3N3/c1-13(14-3-5-18(6-4-14)28-12-27(2)11-26-28)7-19(20(23,24)25)15-8-16(21)10-17(22)9-15/h3-11,19H,12H2,1-2H3/b13-7+. The molecule has 0 amide bonds. The molecule has 1 unspecified atom stereocenters. The SMILES string of the molecule is C/C(=C\C(c1cc(Cl)cc(Cl)c1)C(F)(F)F)c1ccc(N2CN(C)C=N2)cc1. The normalized spacial score (nSPS) is 16.0. The lowest BCUT2D eigenvalue weighted by molar-refractivity contribution is -0.139. The summed E-state index contributed by atoms with van der Waals surface area (Å²) in [6.07, 6.45) is -1.56. The van der Waals surface area contributed by atoms with E-state index in [4.69, 9.17) is 23.2 Å². The van der Waals surface area contributed by atoms with E-state index in [-0.39, 0.29) is 15.6 Å². The van der Waals surface area contributed by atoms with Crippen molar-refractivity contribution >= 4 is 40.8 Å². The largest absolute Gasteiger partial charge is 0.399 e. The zero-order chi connectivity index (χ0) is 20.5. The molecule has 0 N–H and O–H groups in total. The van der Waals surface area contributed by atoms with Crippen LogP contribution in [0.2, 0.25) is 10.0 Å². The maximum atomic E-state index is 13.7. The average molecular weight is 428 g/mol. The van der Waals surface area contributed by atoms with E-state index in [1.807, 2.05) is 24.1 Å². The van der Waals surface area contributed by atoms with Crippen molar-refractivity contribution in [1.82, 2.24) is 4.90 Å². The molecule has 3 nitrogen and oxygen atoms in total. The van der Waals surface area contributed by atoms with Crippen LogP contribution in [0.5, 0.6) is 0 Å². The molecule has 0 spiro atoms. The number of nitrogens with zero attached hydrogens (tertiary/aromatic N) is 3. The molecule has 28 heavy (non-hydrogen) atoms. The molecule has 0 bridgehead atoms. The van der Waals surface area contributed by atoms with E-state index in [1.165, 1.54) is 24.3 Å². The molecule has 8 heteroatoms. The molecule has 1 aliphatic rings. The Morgan fingerprint density at radius 3 is 2.21 bits per heavy atom. The topological polar surface area (TPSA) is 18.8 Å². The van der Waals surface area contributed by atoms with E-state index in [0.29, 0.717) is 17.8 Å². The monoisotopic (exact) mass is 427 g/mol. The fourth-order valence-corrected chi connectivity index (χ4v) is 3.50. The highest BCUT2D eigenvalue weighted by atomic mass is 35.5. The van der Waals surface area contributed by atoms with Gasteiger partial charge < -0.3 is 4.90 Å². The summed E-state index contributed by atoms with van der Waals surface area (Å²) < 4.78 is 41.1. The molecule has 0 aliphatic carbocycles. The Morgan fingerprint density at radius 1 is 1.11 bits per heavy atom. The quantitative estimate of drug-likeness (QED) is 0.562. The van der Waals surface area contributed by atoms with Gasteiger partial charge in [0.2, 0.25) is 0 Å². The minimum absolute atomic E-state index is 0.00964. The van der Waals surface area contributed by atoms with Crippen molar-refractivity contribution in [3.63, 3.8) is 0 Å². The number of anilines is 1. The van der Waals surface area contributed by atoms with Gasteiger partial charge in [-0.1, -0.05) is 41.4 Å². The summed E-state index contributed by atoms with van der Waals surface area (Å²) in [6.45, 7) is 2.28. The van der Waals surface area contributed by atoms with Gasteiger partial charge >= 0.3 is 6.18 Å². The Bertz CT molecular complexity index is 888. The van der Waals surface area contributed by atoms with Crippen molar-refractivity contribution in [3.05, 3.63) is 69.7 Å². The molecule has 0 aromatic heterocycles. The van der Waals surface area contributed by atoms with Crippen LogP contribution in [0.3, 0.4) is 0 Å². The molecule has 0 radical (unpaired) electrons. The van der Waals surface area contributed by atoms with Crippen LogP contribution >= 0.6 is 23.2 Å². The highest BCUT2D eigenvalue weighted by Gasteiger charge is 2.39. The summed E-state index contributed by atoms with van der Waals surface area (Å²) in [5.41, 5.74) is 2.08. The van der Waals surface area contributed by atoms with E-state index in [2.05, 4.69) is 5.10 Å². The third-order valence-corrected chi connectivity index (χ3v) is 4.82. The summed E-state index contributed by atoms with van der Waals surface area (Å²) in [6, 6.07) is 11.2. The summed E-state index contributed by atoms with van der Waals surface area (Å²) in [5.74, 6) is -1.81. The Kier molecular flexibility index (Phi) is 5.91. The molecule has 0 fully saturated rings. The highest BCUT2D eigenvalue weighted by molar-refractivity contribution is 6.34. The van der Waals surface area contributed by atoms with Crippen molar-refractivity contribution in [2.24, 2.45) is 5.10 Å². The third kappa shape index (κ3) is 4.80. The van der Waals surface area contributed by atoms with Crippen molar-refractivity contribution < 1.29 is 13.2 Å². The van der Waals surface area contributed by atoms with Gasteiger partial charge in [0.25, 0.3) is 0 Å². The number of benzene rings is 2. The number of alkyl halides is 3. The fourth-order valence-electron chi connectivity index (χ4n) is 2.96. The van der Waals surface area contributed by atoms with Crippen LogP contribution in [0.4, 0.5) is 18.9 Å². The summed E-state index contributed by atoms with van der Waals surface area (Å²) >= 11 is 11.8. The first kappa shape index (κ1) is 20.6. The van der Waals surface area contributed by atoms with Crippen LogP contribution in [0, 0.1) is 0 Å². The highest BCUT2D eigenvalue weighted by Crippen LogP contribution is 2.39. The van der Waals surface area contributed by atoms with Gasteiger partial charge in [-0.25, -0.2) is 5.01 Å². The van der Waals surface area contributed by atoms with Crippen molar-refractivity contribution in [2.45, 2.75) is 19.0 Å². The fraction of sp³-hybridized carbons (Fsp3) is 0.250. The van der Waals surface area contributed by atoms with Crippen LogP contribution in [0.1, 0.15) is 24.0 Å². The Morgan fingerprint density at radius 2 is 1.71 bits per heavy atom. The number of hydrogen-bond acceptors (Lipinski definition) is 3. The van der Waals surface area contributed by atoms with Gasteiger partial charge in [0.05, 0.1) is 11.6 Å². The van der Waals surface area contributed by atoms with Crippen LogP contribution in [0.15, 0.2) is 53.6 Å². The second kappa shape index (κ2) is 8.05. The third-order valence-electron chi connectivity index (χ3n) is 4.38. The van der Waals surface area contributed by atoms with Gasteiger partial charge in [-0.3, -0.25) is 0 Å². The second-order valence-corrected chi connectivity index (χ2v) is 7.52. The van der Waals surface area contributed by atoms with Crippen LogP contribution < -0.4 is 5.01 Å². The number of hydrazone groups is 1. The maximum absolute atomic E-state index is 13.7. The number of allylic oxidation sites excluding steroid dienone is 2. The van der Waals surface area contributed by atoms with Crippen LogP contribution in [-0.4, -0.2) is 31.1 Å². The lowest BCUT2D eigenvalue weighted by atomic mass is 9.94. The average Bonchev–Trinajstić information content (AvgIpc) is 3.04. The molecular weight excluding hydrogens is 410 g/mol. The molecule has 2 aromatic rings. The first-order valence-corrected chi connectivity index (χ1v) is 9.22. The lowest BCUT2D eigenvalue weighted by Gasteiger charge is -2.20. The van der Waals surface area contributed by atoms with Crippen LogP contribution in [-0.2, 0) is 0 Å². The lowest BCUT2D eigenvalue weighted by Crippen LogP contribution is -2.22. The number of hydrogen-bond donors (Lipinski definition) is 0. The van der Waals surface area contributed by atoms with E-state index < -0.39 is 12.1 Å². The minimum Gasteiger partial charge on any atom is -0.345 e. The van der Waals surface area contributed by atoms with Gasteiger partial charge in [0.1, 0.15) is 13.0 Å². The van der Waals surface area contributed by atoms with Crippen molar-refractivity contribution in [1.29, 1.82) is 0 Å². The van der Waals surface area contributed by atoms with E-state index in [1.54, 1.807) is 30.4 Å². The Labute approximate surface area is 171 Å². The van der Waals surface area contributed by atoms with E-state index in [9.17, 15) is 13.2 Å². The van der Waals surface area contributed by atoms with Crippen molar-refractivity contribution in [3.8, 4) is 0 Å². The van der Waals surface area contributed by atoms with E-state index in [0.717, 1.165) is 5.69 Å². The predicted molar refractivity (Wildman–Crippen MR) is 109 cm³/mol. The van der Waals surface area contributed by atoms with Crippen molar-refractivity contribution in [2.75, 3.05) is 18.7 Å². The van der Waals surface area contributed by atoms with Gasteiger partial charge in [-0.15, -0.1) is 0 Å². The molecule has 0 saturated heterocycles. The van der Waals surface area contributed by atoms with Gasteiger partial charge in [-0.05, 0) is 54.0 Å². The van der Waals surface area contributed by atoms with Gasteiger partial charge in [-0.2, -0.15) is 18.3 Å². The first-order valence-electron chi connectivity index (χ1n) is 8.47. The maximum Gasteiger partial charge on any atom is 0.399 e. The Hall–Kier alpha value is -2.18. The van der Waals surface area contributed by atoms with Crippen LogP contribution in [0.25, 0.3) is 5.57 Å². The molecule has 2 aromatic carbocycles. The molecule has 1 aliphatic heterocycles. The molecule has 0 saturated carbocycles. The number of rotatable bonds is 4. The number of halogens is 5. The molecule has 148 valence electrons. The van der Waals surface area contributed by atoms with Gasteiger partial charge in [0.15, 0.2) is 0 Å². The van der Waals surface area contributed by atoms with Gasteiger partial charge in [0, 0.05) is 17.1 Å². The summed E-state index contributed by atoms with van der Waals surface area (Å²) in [7, 11) is 1.91.